The number of anilines is 6. The Morgan fingerprint density at radius 1 is 0.646 bits per heavy atom. The van der Waals surface area contributed by atoms with Crippen LogP contribution in [0.3, 0.4) is 0 Å². The van der Waals surface area contributed by atoms with Crippen LogP contribution in [0.1, 0.15) is 26.3 Å². The number of phenolic OH excluding ortho intramolecular Hbond substituents is 1. The molecule has 2 aromatic heterocycles. The Bertz CT molecular complexity index is 2250. The van der Waals surface area contributed by atoms with Gasteiger partial charge >= 0.3 is 0 Å². The van der Waals surface area contributed by atoms with Crippen molar-refractivity contribution in [2.75, 3.05) is 9.80 Å². The summed E-state index contributed by atoms with van der Waals surface area (Å²) in [6.07, 6.45) is 1.82. The van der Waals surface area contributed by atoms with Crippen molar-refractivity contribution in [2.45, 2.75) is 26.2 Å². The molecular weight excluding hydrogens is 772 g/mol. The SMILES string of the molecule is CC(C)(C)c1ccc(N2c3ccc(-c4ccc5c(-c6ccccc6)ccc(O)c5n4)[c-]c3N(c3ccccn3)c3ccccc32)cc1.[Pt]. The van der Waals surface area contributed by atoms with Crippen LogP contribution in [0.4, 0.5) is 34.3 Å². The van der Waals surface area contributed by atoms with Crippen LogP contribution in [0.2, 0.25) is 0 Å². The van der Waals surface area contributed by atoms with Crippen molar-refractivity contribution >= 4 is 45.2 Å². The minimum atomic E-state index is 0. The van der Waals surface area contributed by atoms with Crippen LogP contribution < -0.4 is 9.80 Å². The second-order valence-electron chi connectivity index (χ2n) is 12.8. The van der Waals surface area contributed by atoms with Crippen LogP contribution in [0.15, 0.2) is 140 Å². The predicted octanol–water partition coefficient (Wildman–Crippen LogP) is 11.0. The van der Waals surface area contributed by atoms with Crippen LogP contribution in [0.25, 0.3) is 33.3 Å². The first-order valence-electron chi connectivity index (χ1n) is 15.8. The number of para-hydroxylation sites is 2. The smallest absolute Gasteiger partial charge is 0.140 e. The van der Waals surface area contributed by atoms with Crippen molar-refractivity contribution in [1.29, 1.82) is 0 Å². The molecule has 0 saturated carbocycles. The molecule has 0 saturated heterocycles. The summed E-state index contributed by atoms with van der Waals surface area (Å²) >= 11 is 0. The van der Waals surface area contributed by atoms with Gasteiger partial charge < -0.3 is 14.9 Å². The van der Waals surface area contributed by atoms with E-state index in [1.807, 2.05) is 60.8 Å². The van der Waals surface area contributed by atoms with Gasteiger partial charge in [-0.3, -0.25) is 4.98 Å². The molecule has 8 rings (SSSR count). The number of aromatic nitrogens is 2. The fraction of sp³-hybridized carbons (Fsp3) is 0.0952. The number of hydrogen-bond donors (Lipinski definition) is 1. The van der Waals surface area contributed by atoms with E-state index in [9.17, 15) is 5.11 Å². The third kappa shape index (κ3) is 5.44. The number of nitrogens with zero attached hydrogens (tertiary/aromatic N) is 4. The third-order valence-electron chi connectivity index (χ3n) is 8.80. The molecule has 0 bridgehead atoms. The summed E-state index contributed by atoms with van der Waals surface area (Å²) in [5.74, 6) is 0.947. The first kappa shape index (κ1) is 31.4. The largest absolute Gasteiger partial charge is 0.506 e. The molecule has 3 heterocycles. The number of fused-ring (bicyclic) bond motifs is 3. The molecule has 0 fully saturated rings. The van der Waals surface area contributed by atoms with Gasteiger partial charge in [-0.2, -0.15) is 0 Å². The minimum Gasteiger partial charge on any atom is -0.506 e. The zero-order valence-electron chi connectivity index (χ0n) is 26.8. The maximum Gasteiger partial charge on any atom is 0.140 e. The minimum absolute atomic E-state index is 0. The van der Waals surface area contributed by atoms with Crippen LogP contribution in [0.5, 0.6) is 5.75 Å². The number of aromatic hydroxyl groups is 1. The van der Waals surface area contributed by atoms with Gasteiger partial charge in [-0.05, 0) is 87.7 Å². The average molecular weight is 805 g/mol. The molecular formula is C42H33N4OPt-. The van der Waals surface area contributed by atoms with E-state index >= 15 is 0 Å². The summed E-state index contributed by atoms with van der Waals surface area (Å²) in [5.41, 5.74) is 10.5. The molecule has 0 unspecified atom stereocenters. The van der Waals surface area contributed by atoms with E-state index in [1.54, 1.807) is 6.07 Å². The van der Waals surface area contributed by atoms with E-state index in [0.29, 0.717) is 5.52 Å². The van der Waals surface area contributed by atoms with Crippen molar-refractivity contribution in [3.63, 3.8) is 0 Å². The number of phenols is 1. The second-order valence-corrected chi connectivity index (χ2v) is 12.8. The number of pyridine rings is 2. The first-order chi connectivity index (χ1) is 22.9. The van der Waals surface area contributed by atoms with Crippen molar-refractivity contribution in [3.8, 4) is 28.1 Å². The van der Waals surface area contributed by atoms with E-state index in [2.05, 4.69) is 109 Å². The Labute approximate surface area is 295 Å². The zero-order chi connectivity index (χ0) is 32.1. The van der Waals surface area contributed by atoms with Crippen LogP contribution in [-0.4, -0.2) is 15.1 Å². The Morgan fingerprint density at radius 3 is 2.06 bits per heavy atom. The summed E-state index contributed by atoms with van der Waals surface area (Å²) in [4.78, 5) is 14.2. The van der Waals surface area contributed by atoms with Gasteiger partial charge in [0.2, 0.25) is 0 Å². The maximum absolute atomic E-state index is 10.9. The number of rotatable bonds is 4. The maximum atomic E-state index is 10.9. The Hall–Kier alpha value is -5.25. The molecule has 0 amide bonds. The molecule has 0 atom stereocenters. The van der Waals surface area contributed by atoms with E-state index in [0.717, 1.165) is 62.0 Å². The van der Waals surface area contributed by atoms with Crippen molar-refractivity contribution in [2.24, 2.45) is 0 Å². The van der Waals surface area contributed by atoms with Crippen molar-refractivity contribution in [3.05, 3.63) is 151 Å². The summed E-state index contributed by atoms with van der Waals surface area (Å²) < 4.78 is 0. The average Bonchev–Trinajstić information content (AvgIpc) is 3.11. The van der Waals surface area contributed by atoms with E-state index in [-0.39, 0.29) is 32.2 Å². The second kappa shape index (κ2) is 12.4. The standard InChI is InChI=1S/C42H33N4O.Pt/c1-42(2,3)30-17-19-31(20-18-30)45-35-13-7-8-14-36(35)46(40-15-9-10-26-43-40)38-27-29(16-24-37(38)45)34-23-21-33-32(28-11-5-4-6-12-28)22-25-39(47)41(33)44-34;/h4-26,47H,1-3H3;/q-1;. The Morgan fingerprint density at radius 2 is 1.35 bits per heavy atom. The Balaban J connectivity index is 0.00000364. The van der Waals surface area contributed by atoms with Gasteiger partial charge in [0.1, 0.15) is 17.1 Å². The summed E-state index contributed by atoms with van der Waals surface area (Å²) in [5, 5.41) is 11.8. The zero-order valence-corrected chi connectivity index (χ0v) is 29.1. The van der Waals surface area contributed by atoms with Crippen molar-refractivity contribution < 1.29 is 26.2 Å². The molecule has 0 aliphatic carbocycles. The summed E-state index contributed by atoms with van der Waals surface area (Å²) in [6.45, 7) is 6.70. The Kier molecular flexibility index (Phi) is 8.10. The fourth-order valence-corrected chi connectivity index (χ4v) is 6.40. The van der Waals surface area contributed by atoms with Crippen LogP contribution in [0, 0.1) is 6.07 Å². The first-order valence-corrected chi connectivity index (χ1v) is 15.8. The topological polar surface area (TPSA) is 52.5 Å². The van der Waals surface area contributed by atoms with Gasteiger partial charge in [-0.25, -0.2) is 4.98 Å². The number of benzene rings is 5. The molecule has 1 N–H and O–H groups in total. The molecule has 238 valence electrons. The summed E-state index contributed by atoms with van der Waals surface area (Å²) in [7, 11) is 0. The van der Waals surface area contributed by atoms with Gasteiger partial charge in [0, 0.05) is 38.3 Å². The number of hydrogen-bond acceptors (Lipinski definition) is 5. The molecule has 7 aromatic rings. The van der Waals surface area contributed by atoms with E-state index in [4.69, 9.17) is 9.97 Å². The predicted molar refractivity (Wildman–Crippen MR) is 193 cm³/mol. The van der Waals surface area contributed by atoms with Crippen molar-refractivity contribution in [1.82, 2.24) is 9.97 Å². The van der Waals surface area contributed by atoms with E-state index in [1.165, 1.54) is 5.56 Å². The molecule has 5 aromatic carbocycles. The molecule has 48 heavy (non-hydrogen) atoms. The summed E-state index contributed by atoms with van der Waals surface area (Å²) in [6, 6.07) is 49.0. The van der Waals surface area contributed by atoms with E-state index < -0.39 is 0 Å². The molecule has 1 aliphatic heterocycles. The van der Waals surface area contributed by atoms with Crippen LogP contribution >= 0.6 is 0 Å². The van der Waals surface area contributed by atoms with Gasteiger partial charge in [-0.1, -0.05) is 93.6 Å². The molecule has 0 spiro atoms. The van der Waals surface area contributed by atoms with Gasteiger partial charge in [0.15, 0.2) is 0 Å². The van der Waals surface area contributed by atoms with Crippen LogP contribution in [-0.2, 0) is 26.5 Å². The van der Waals surface area contributed by atoms with Gasteiger partial charge in [0.25, 0.3) is 0 Å². The quantitative estimate of drug-likeness (QED) is 0.180. The molecule has 1 aliphatic rings. The molecule has 6 heteroatoms. The molecule has 0 radical (unpaired) electrons. The fourth-order valence-electron chi connectivity index (χ4n) is 6.40. The monoisotopic (exact) mass is 804 g/mol. The third-order valence-corrected chi connectivity index (χ3v) is 8.80. The normalized spacial score (nSPS) is 12.3. The van der Waals surface area contributed by atoms with Gasteiger partial charge in [-0.15, -0.1) is 23.8 Å². The van der Waals surface area contributed by atoms with Gasteiger partial charge in [0.05, 0.1) is 11.4 Å². The molecule has 5 nitrogen and oxygen atoms in total.